The van der Waals surface area contributed by atoms with Crippen LogP contribution in [0.25, 0.3) is 11.3 Å². The lowest BCUT2D eigenvalue weighted by molar-refractivity contribution is 0.408. The molecule has 20 heavy (non-hydrogen) atoms. The predicted molar refractivity (Wildman–Crippen MR) is 74.2 cm³/mol. The molecule has 0 saturated carbocycles. The first kappa shape index (κ1) is 13.7. The van der Waals surface area contributed by atoms with Gasteiger partial charge >= 0.3 is 0 Å². The molecule has 0 spiro atoms. The Morgan fingerprint density at radius 1 is 1.35 bits per heavy atom. The number of hydrogen-bond acceptors (Lipinski definition) is 7. The van der Waals surface area contributed by atoms with E-state index < -0.39 is 0 Å². The lowest BCUT2D eigenvalue weighted by Gasteiger charge is -2.11. The van der Waals surface area contributed by atoms with Gasteiger partial charge in [-0.15, -0.1) is 0 Å². The Labute approximate surface area is 119 Å². The second-order valence-corrected chi connectivity index (χ2v) is 4.21. The second kappa shape index (κ2) is 5.11. The summed E-state index contributed by atoms with van der Waals surface area (Å²) >= 11 is 6.00. The van der Waals surface area contributed by atoms with E-state index in [1.54, 1.807) is 0 Å². The number of methoxy groups -OCH3 is 1. The molecule has 2 aromatic rings. The van der Waals surface area contributed by atoms with E-state index in [9.17, 15) is 5.11 Å². The van der Waals surface area contributed by atoms with Gasteiger partial charge in [-0.3, -0.25) is 0 Å². The Morgan fingerprint density at radius 2 is 2.05 bits per heavy atom. The van der Waals surface area contributed by atoms with Crippen LogP contribution < -0.4 is 16.2 Å². The molecule has 0 bridgehead atoms. The van der Waals surface area contributed by atoms with E-state index in [0.717, 1.165) is 0 Å². The third kappa shape index (κ3) is 2.24. The van der Waals surface area contributed by atoms with Crippen LogP contribution >= 0.6 is 11.6 Å². The molecule has 0 amide bonds. The summed E-state index contributed by atoms with van der Waals surface area (Å²) in [5.41, 5.74) is 11.5. The zero-order valence-corrected chi connectivity index (χ0v) is 11.1. The largest absolute Gasteiger partial charge is 0.507 e. The number of anilines is 2. The number of nitrogens with two attached hydrogens (primary N) is 2. The Kier molecular flexibility index (Phi) is 3.50. The van der Waals surface area contributed by atoms with Gasteiger partial charge in [0.15, 0.2) is 0 Å². The fraction of sp³-hybridized carbons (Fsp3) is 0.0833. The summed E-state index contributed by atoms with van der Waals surface area (Å²) in [6.45, 7) is 0. The summed E-state index contributed by atoms with van der Waals surface area (Å²) in [5, 5.41) is 19.4. The van der Waals surface area contributed by atoms with Gasteiger partial charge in [-0.25, -0.2) is 4.98 Å². The molecule has 102 valence electrons. The van der Waals surface area contributed by atoms with Gasteiger partial charge in [0.25, 0.3) is 0 Å². The van der Waals surface area contributed by atoms with Crippen LogP contribution in [0.15, 0.2) is 12.1 Å². The summed E-state index contributed by atoms with van der Waals surface area (Å²) in [6.07, 6.45) is 0. The molecule has 0 radical (unpaired) electrons. The van der Waals surface area contributed by atoms with Crippen molar-refractivity contribution in [2.24, 2.45) is 0 Å². The van der Waals surface area contributed by atoms with Crippen molar-refractivity contribution in [2.45, 2.75) is 0 Å². The lowest BCUT2D eigenvalue weighted by Crippen LogP contribution is -2.05. The second-order valence-electron chi connectivity index (χ2n) is 3.81. The van der Waals surface area contributed by atoms with Gasteiger partial charge < -0.3 is 21.3 Å². The molecule has 0 aliphatic rings. The standard InChI is InChI=1S/C12H10ClN5O2/c1-20-9-3-8(19)5(2-7(9)13)10-6(4-14)11(15)18-12(16)17-10/h2-3,19H,1H3,(H4,15,16,17,18). The van der Waals surface area contributed by atoms with E-state index in [-0.39, 0.29) is 39.4 Å². The molecule has 0 aliphatic carbocycles. The maximum Gasteiger partial charge on any atom is 0.222 e. The normalized spacial score (nSPS) is 10.1. The maximum absolute atomic E-state index is 10.0. The van der Waals surface area contributed by atoms with Crippen LogP contribution in [0, 0.1) is 11.3 Å². The molecule has 1 aromatic heterocycles. The zero-order chi connectivity index (χ0) is 14.9. The highest BCUT2D eigenvalue weighted by atomic mass is 35.5. The van der Waals surface area contributed by atoms with Crippen molar-refractivity contribution in [1.29, 1.82) is 5.26 Å². The number of rotatable bonds is 2. The molecule has 1 aromatic carbocycles. The number of nitrogen functional groups attached to an aromatic ring is 2. The molecule has 5 N–H and O–H groups in total. The van der Waals surface area contributed by atoms with Crippen LogP contribution in [0.5, 0.6) is 11.5 Å². The van der Waals surface area contributed by atoms with Crippen molar-refractivity contribution >= 4 is 23.4 Å². The van der Waals surface area contributed by atoms with E-state index in [0.29, 0.717) is 5.75 Å². The van der Waals surface area contributed by atoms with Gasteiger partial charge in [0.05, 0.1) is 17.8 Å². The molecule has 0 aliphatic heterocycles. The summed E-state index contributed by atoms with van der Waals surface area (Å²) in [6, 6.07) is 4.60. The van der Waals surface area contributed by atoms with E-state index in [2.05, 4.69) is 9.97 Å². The number of hydrogen-bond donors (Lipinski definition) is 3. The number of ether oxygens (including phenoxy) is 1. The SMILES string of the molecule is COc1cc(O)c(-c2nc(N)nc(N)c2C#N)cc1Cl. The highest BCUT2D eigenvalue weighted by molar-refractivity contribution is 6.32. The molecule has 1 heterocycles. The lowest BCUT2D eigenvalue weighted by atomic mass is 10.1. The number of benzene rings is 1. The van der Waals surface area contributed by atoms with Gasteiger partial charge in [-0.05, 0) is 6.07 Å². The highest BCUT2D eigenvalue weighted by Gasteiger charge is 2.18. The topological polar surface area (TPSA) is 131 Å². The first-order chi connectivity index (χ1) is 9.47. The Hall–Kier alpha value is -2.72. The molecule has 2 rings (SSSR count). The van der Waals surface area contributed by atoms with E-state index >= 15 is 0 Å². The Bertz CT molecular complexity index is 727. The number of nitrogens with zero attached hydrogens (tertiary/aromatic N) is 3. The molecule has 0 atom stereocenters. The van der Waals surface area contributed by atoms with Crippen molar-refractivity contribution in [3.05, 3.63) is 22.7 Å². The number of phenols is 1. The van der Waals surface area contributed by atoms with Gasteiger partial charge in [-0.1, -0.05) is 11.6 Å². The highest BCUT2D eigenvalue weighted by Crippen LogP contribution is 2.38. The molecule has 0 fully saturated rings. The van der Waals surface area contributed by atoms with Crippen LogP contribution in [-0.4, -0.2) is 22.2 Å². The molecular weight excluding hydrogens is 282 g/mol. The van der Waals surface area contributed by atoms with Crippen LogP contribution in [-0.2, 0) is 0 Å². The fourth-order valence-corrected chi connectivity index (χ4v) is 1.93. The van der Waals surface area contributed by atoms with Gasteiger partial charge in [0.2, 0.25) is 5.95 Å². The van der Waals surface area contributed by atoms with Crippen molar-refractivity contribution in [2.75, 3.05) is 18.6 Å². The minimum absolute atomic E-state index is 0.00994. The van der Waals surface area contributed by atoms with Crippen LogP contribution in [0.4, 0.5) is 11.8 Å². The number of aromatic hydroxyl groups is 1. The number of halogens is 1. The number of aromatic nitrogens is 2. The summed E-state index contributed by atoms with van der Waals surface area (Å²) in [7, 11) is 1.42. The van der Waals surface area contributed by atoms with Crippen molar-refractivity contribution in [3.8, 4) is 28.8 Å². The van der Waals surface area contributed by atoms with Crippen LogP contribution in [0.1, 0.15) is 5.56 Å². The summed E-state index contributed by atoms with van der Waals surface area (Å²) in [5.74, 6) is -0.0501. The maximum atomic E-state index is 10.0. The first-order valence-corrected chi connectivity index (χ1v) is 5.75. The zero-order valence-electron chi connectivity index (χ0n) is 10.4. The number of phenolic OH excluding ortho intramolecular Hbond substituents is 1. The van der Waals surface area contributed by atoms with Crippen molar-refractivity contribution < 1.29 is 9.84 Å². The van der Waals surface area contributed by atoms with Crippen molar-refractivity contribution in [1.82, 2.24) is 9.97 Å². The van der Waals surface area contributed by atoms with Crippen molar-refractivity contribution in [3.63, 3.8) is 0 Å². The predicted octanol–water partition coefficient (Wildman–Crippen LogP) is 1.55. The average Bonchev–Trinajstić information content (AvgIpc) is 2.40. The van der Waals surface area contributed by atoms with E-state index in [1.807, 2.05) is 6.07 Å². The molecule has 0 saturated heterocycles. The number of nitriles is 1. The first-order valence-electron chi connectivity index (χ1n) is 5.38. The monoisotopic (exact) mass is 291 g/mol. The minimum atomic E-state index is -0.166. The molecule has 7 nitrogen and oxygen atoms in total. The Balaban J connectivity index is 2.75. The van der Waals surface area contributed by atoms with Gasteiger partial charge in [-0.2, -0.15) is 10.2 Å². The molecule has 8 heteroatoms. The Morgan fingerprint density at radius 3 is 2.65 bits per heavy atom. The van der Waals surface area contributed by atoms with Gasteiger partial charge in [0.1, 0.15) is 28.9 Å². The third-order valence-corrected chi connectivity index (χ3v) is 2.89. The van der Waals surface area contributed by atoms with Crippen LogP contribution in [0.3, 0.4) is 0 Å². The quantitative estimate of drug-likeness (QED) is 0.764. The average molecular weight is 292 g/mol. The molecular formula is C12H10ClN5O2. The van der Waals surface area contributed by atoms with E-state index in [1.165, 1.54) is 19.2 Å². The fourth-order valence-electron chi connectivity index (χ4n) is 1.69. The third-order valence-electron chi connectivity index (χ3n) is 2.59. The smallest absolute Gasteiger partial charge is 0.222 e. The molecule has 0 unspecified atom stereocenters. The van der Waals surface area contributed by atoms with Gasteiger partial charge in [0, 0.05) is 11.6 Å². The summed E-state index contributed by atoms with van der Waals surface area (Å²) < 4.78 is 4.98. The van der Waals surface area contributed by atoms with Crippen LogP contribution in [0.2, 0.25) is 5.02 Å². The summed E-state index contributed by atoms with van der Waals surface area (Å²) in [4.78, 5) is 7.64. The van der Waals surface area contributed by atoms with E-state index in [4.69, 9.17) is 33.1 Å². The minimum Gasteiger partial charge on any atom is -0.507 e.